The Labute approximate surface area is 196 Å². The number of ether oxygens (including phenoxy) is 1. The average molecular weight is 460 g/mol. The van der Waals surface area contributed by atoms with E-state index in [2.05, 4.69) is 17.1 Å². The molecule has 2 bridgehead atoms. The van der Waals surface area contributed by atoms with Crippen molar-refractivity contribution in [3.8, 4) is 28.3 Å². The van der Waals surface area contributed by atoms with Gasteiger partial charge in [-0.1, -0.05) is 5.16 Å². The summed E-state index contributed by atoms with van der Waals surface area (Å²) in [6.07, 6.45) is 4.16. The predicted molar refractivity (Wildman–Crippen MR) is 126 cm³/mol. The molecular formula is C26H26FN5O2. The molecule has 1 aromatic carbocycles. The van der Waals surface area contributed by atoms with Gasteiger partial charge in [0.15, 0.2) is 17.3 Å². The highest BCUT2D eigenvalue weighted by Crippen LogP contribution is 2.48. The van der Waals surface area contributed by atoms with Crippen molar-refractivity contribution in [1.82, 2.24) is 19.9 Å². The third kappa shape index (κ3) is 3.04. The number of pyridine rings is 1. The standard InChI is InChI=1S/C26H26FN5O2/c1-4-32-24-15-10-21(26(28)29-12-15)33-14(3)19-11-16(27)8-9-17(19)25-22(13(2)31-34-25)18-6-5-7-20(30-32)23(18)24/h8-12,14,18H,4-7H2,1-3H3,(H2,28,29)/t14-,18?/m1/s1. The van der Waals surface area contributed by atoms with Crippen molar-refractivity contribution in [2.24, 2.45) is 0 Å². The molecule has 1 unspecified atom stereocenters. The predicted octanol–water partition coefficient (Wildman–Crippen LogP) is 5.57. The molecule has 4 aromatic rings. The molecule has 8 heteroatoms. The first kappa shape index (κ1) is 20.9. The van der Waals surface area contributed by atoms with Gasteiger partial charge in [0.05, 0.1) is 17.1 Å². The number of nitrogens with zero attached hydrogens (tertiary/aromatic N) is 4. The largest absolute Gasteiger partial charge is 0.482 e. The summed E-state index contributed by atoms with van der Waals surface area (Å²) in [6.45, 7) is 6.66. The third-order valence-corrected chi connectivity index (χ3v) is 7.03. The minimum atomic E-state index is -0.500. The summed E-state index contributed by atoms with van der Waals surface area (Å²) < 4.78 is 28.7. The van der Waals surface area contributed by atoms with Crippen LogP contribution < -0.4 is 10.5 Å². The summed E-state index contributed by atoms with van der Waals surface area (Å²) >= 11 is 0. The molecule has 2 atom stereocenters. The topological polar surface area (TPSA) is 92.0 Å². The smallest absolute Gasteiger partial charge is 0.171 e. The van der Waals surface area contributed by atoms with Gasteiger partial charge in [0.25, 0.3) is 0 Å². The van der Waals surface area contributed by atoms with E-state index >= 15 is 0 Å². The van der Waals surface area contributed by atoms with Crippen LogP contribution in [0.5, 0.6) is 5.75 Å². The quantitative estimate of drug-likeness (QED) is 0.400. The number of hydrogen-bond acceptors (Lipinski definition) is 6. The highest BCUT2D eigenvalue weighted by atomic mass is 19.1. The third-order valence-electron chi connectivity index (χ3n) is 7.03. The first-order valence-corrected chi connectivity index (χ1v) is 11.7. The van der Waals surface area contributed by atoms with E-state index in [1.807, 2.05) is 24.6 Å². The minimum absolute atomic E-state index is 0.0508. The van der Waals surface area contributed by atoms with E-state index < -0.39 is 6.10 Å². The van der Waals surface area contributed by atoms with Crippen LogP contribution in [0.4, 0.5) is 10.2 Å². The Morgan fingerprint density at radius 2 is 2.09 bits per heavy atom. The van der Waals surface area contributed by atoms with Crippen molar-refractivity contribution in [2.45, 2.75) is 58.6 Å². The number of rotatable bonds is 1. The Balaban J connectivity index is 1.72. The lowest BCUT2D eigenvalue weighted by Gasteiger charge is -2.26. The summed E-state index contributed by atoms with van der Waals surface area (Å²) in [4.78, 5) is 4.45. The van der Waals surface area contributed by atoms with Gasteiger partial charge in [0, 0.05) is 46.5 Å². The molecule has 0 radical (unpaired) electrons. The van der Waals surface area contributed by atoms with E-state index in [1.165, 1.54) is 17.7 Å². The second-order valence-corrected chi connectivity index (χ2v) is 9.08. The number of nitrogen functional groups attached to an aromatic ring is 1. The highest BCUT2D eigenvalue weighted by molar-refractivity contribution is 5.74. The minimum Gasteiger partial charge on any atom is -0.482 e. The molecule has 7 nitrogen and oxygen atoms in total. The van der Waals surface area contributed by atoms with Crippen molar-refractivity contribution in [1.29, 1.82) is 0 Å². The SMILES string of the molecule is CCn1nc2c3c1-c1cnc(N)c(c1)O[C@H](C)c1cc(F)ccc1-c1onc(C)c1C3CCC2. The van der Waals surface area contributed by atoms with E-state index in [0.717, 1.165) is 59.6 Å². The zero-order valence-corrected chi connectivity index (χ0v) is 19.4. The van der Waals surface area contributed by atoms with Gasteiger partial charge >= 0.3 is 0 Å². The van der Waals surface area contributed by atoms with E-state index in [1.54, 1.807) is 12.3 Å². The maximum absolute atomic E-state index is 14.4. The monoisotopic (exact) mass is 459 g/mol. The maximum Gasteiger partial charge on any atom is 0.171 e. The van der Waals surface area contributed by atoms with Crippen LogP contribution in [0.15, 0.2) is 35.0 Å². The van der Waals surface area contributed by atoms with E-state index in [9.17, 15) is 4.39 Å². The number of benzene rings is 1. The van der Waals surface area contributed by atoms with Gasteiger partial charge in [-0.3, -0.25) is 4.68 Å². The number of halogens is 1. The number of hydrogen-bond donors (Lipinski definition) is 1. The molecule has 3 aromatic heterocycles. The highest BCUT2D eigenvalue weighted by Gasteiger charge is 2.36. The second-order valence-electron chi connectivity index (χ2n) is 9.08. The summed E-state index contributed by atoms with van der Waals surface area (Å²) in [5.74, 6) is 1.11. The summed E-state index contributed by atoms with van der Waals surface area (Å²) in [7, 11) is 0. The molecule has 0 saturated heterocycles. The Bertz CT molecular complexity index is 1420. The zero-order valence-electron chi connectivity index (χ0n) is 19.4. The first-order chi connectivity index (χ1) is 16.5. The number of fused-ring (bicyclic) bond motifs is 7. The van der Waals surface area contributed by atoms with Crippen molar-refractivity contribution in [2.75, 3.05) is 5.73 Å². The van der Waals surface area contributed by atoms with Crippen LogP contribution in [-0.4, -0.2) is 19.9 Å². The van der Waals surface area contributed by atoms with Gasteiger partial charge in [-0.2, -0.15) is 5.10 Å². The zero-order chi connectivity index (χ0) is 23.6. The van der Waals surface area contributed by atoms with Gasteiger partial charge < -0.3 is 15.0 Å². The summed E-state index contributed by atoms with van der Waals surface area (Å²) in [5.41, 5.74) is 13.7. The molecule has 4 heterocycles. The molecule has 1 aliphatic heterocycles. The van der Waals surface area contributed by atoms with Gasteiger partial charge in [0.2, 0.25) is 0 Å². The van der Waals surface area contributed by atoms with Gasteiger partial charge in [-0.15, -0.1) is 0 Å². The van der Waals surface area contributed by atoms with Crippen molar-refractivity contribution >= 4 is 5.82 Å². The van der Waals surface area contributed by atoms with Crippen molar-refractivity contribution < 1.29 is 13.7 Å². The van der Waals surface area contributed by atoms with Crippen LogP contribution in [0.2, 0.25) is 0 Å². The lowest BCUT2D eigenvalue weighted by atomic mass is 9.78. The lowest BCUT2D eigenvalue weighted by molar-refractivity contribution is 0.227. The number of aromatic nitrogens is 4. The summed E-state index contributed by atoms with van der Waals surface area (Å²) in [5, 5.41) is 9.33. The molecule has 0 amide bonds. The number of nitrogens with two attached hydrogens (primary N) is 1. The van der Waals surface area contributed by atoms with Gasteiger partial charge in [0.1, 0.15) is 11.9 Å². The van der Waals surface area contributed by atoms with Crippen molar-refractivity contribution in [3.05, 3.63) is 64.4 Å². The Hall–Kier alpha value is -3.68. The number of anilines is 1. The van der Waals surface area contributed by atoms with Gasteiger partial charge in [-0.05, 0) is 64.3 Å². The molecule has 0 fully saturated rings. The Morgan fingerprint density at radius 1 is 1.24 bits per heavy atom. The van der Waals surface area contributed by atoms with Crippen LogP contribution in [0.1, 0.15) is 66.8 Å². The normalized spacial score (nSPS) is 18.7. The fourth-order valence-electron chi connectivity index (χ4n) is 5.51. The molecule has 174 valence electrons. The second kappa shape index (κ2) is 7.68. The van der Waals surface area contributed by atoms with Crippen LogP contribution in [0.25, 0.3) is 22.6 Å². The molecule has 6 rings (SSSR count). The Kier molecular flexibility index (Phi) is 4.72. The van der Waals surface area contributed by atoms with E-state index in [4.69, 9.17) is 20.1 Å². The molecule has 0 saturated carbocycles. The Morgan fingerprint density at radius 3 is 2.91 bits per heavy atom. The fraction of sp³-hybridized carbons (Fsp3) is 0.346. The lowest BCUT2D eigenvalue weighted by Crippen LogP contribution is -2.14. The first-order valence-electron chi connectivity index (χ1n) is 11.7. The van der Waals surface area contributed by atoms with Crippen LogP contribution in [0, 0.1) is 12.7 Å². The fourth-order valence-corrected chi connectivity index (χ4v) is 5.51. The molecule has 1 aliphatic carbocycles. The molecule has 0 spiro atoms. The average Bonchev–Trinajstić information content (AvgIpc) is 3.40. The van der Waals surface area contributed by atoms with E-state index in [-0.39, 0.29) is 17.6 Å². The van der Waals surface area contributed by atoms with Gasteiger partial charge in [-0.25, -0.2) is 9.37 Å². The van der Waals surface area contributed by atoms with Crippen LogP contribution >= 0.6 is 0 Å². The maximum atomic E-state index is 14.4. The van der Waals surface area contributed by atoms with Crippen LogP contribution in [-0.2, 0) is 13.0 Å². The van der Waals surface area contributed by atoms with Crippen molar-refractivity contribution in [3.63, 3.8) is 0 Å². The molecule has 2 N–H and O–H groups in total. The molecule has 34 heavy (non-hydrogen) atoms. The molecule has 2 aliphatic rings. The molecular weight excluding hydrogens is 433 g/mol. The van der Waals surface area contributed by atoms with Crippen LogP contribution in [0.3, 0.4) is 0 Å². The summed E-state index contributed by atoms with van der Waals surface area (Å²) in [6, 6.07) is 6.62. The number of aryl methyl sites for hydroxylation is 3. The van der Waals surface area contributed by atoms with E-state index in [0.29, 0.717) is 17.1 Å².